The van der Waals surface area contributed by atoms with Gasteiger partial charge in [-0.2, -0.15) is 5.26 Å². The molecule has 0 saturated heterocycles. The predicted molar refractivity (Wildman–Crippen MR) is 96.6 cm³/mol. The van der Waals surface area contributed by atoms with Gasteiger partial charge < -0.3 is 4.74 Å². The molecule has 0 amide bonds. The van der Waals surface area contributed by atoms with Gasteiger partial charge >= 0.3 is 0 Å². The van der Waals surface area contributed by atoms with Gasteiger partial charge in [-0.15, -0.1) is 0 Å². The van der Waals surface area contributed by atoms with Crippen LogP contribution in [0.1, 0.15) is 56.3 Å². The summed E-state index contributed by atoms with van der Waals surface area (Å²) in [4.78, 5) is 11.5. The minimum Gasteiger partial charge on any atom is -0.490 e. The van der Waals surface area contributed by atoms with Crippen LogP contribution in [0.2, 0.25) is 5.02 Å². The lowest BCUT2D eigenvalue weighted by Crippen LogP contribution is -2.60. The Labute approximate surface area is 158 Å². The molecule has 5 rings (SSSR count). The van der Waals surface area contributed by atoms with Crippen molar-refractivity contribution in [3.8, 4) is 11.8 Å². The maximum atomic E-state index is 14.2. The van der Waals surface area contributed by atoms with Gasteiger partial charge in [0.05, 0.1) is 22.1 Å². The van der Waals surface area contributed by atoms with Crippen LogP contribution in [-0.4, -0.2) is 12.4 Å². The number of hydrogen-bond acceptors (Lipinski definition) is 3. The van der Waals surface area contributed by atoms with E-state index in [2.05, 4.69) is 13.0 Å². The second-order valence-corrected chi connectivity index (χ2v) is 9.20. The number of carbonyl (C=O) groups is 1. The van der Waals surface area contributed by atoms with Crippen molar-refractivity contribution in [2.75, 3.05) is 6.61 Å². The van der Waals surface area contributed by atoms with E-state index in [0.29, 0.717) is 5.92 Å². The van der Waals surface area contributed by atoms with Crippen LogP contribution in [0.15, 0.2) is 12.1 Å². The first-order valence-corrected chi connectivity index (χ1v) is 9.70. The number of nitriles is 1. The van der Waals surface area contributed by atoms with Crippen LogP contribution in [0.25, 0.3) is 0 Å². The molecule has 4 bridgehead atoms. The molecule has 4 fully saturated rings. The second kappa shape index (κ2) is 5.96. The van der Waals surface area contributed by atoms with Gasteiger partial charge in [0, 0.05) is 6.07 Å². The average Bonchev–Trinajstić information content (AvgIpc) is 2.56. The van der Waals surface area contributed by atoms with E-state index in [1.165, 1.54) is 25.5 Å². The number of halogens is 2. The third-order valence-corrected chi connectivity index (χ3v) is 7.51. The zero-order chi connectivity index (χ0) is 18.7. The number of ether oxygens (including phenoxy) is 1. The quantitative estimate of drug-likeness (QED) is 0.660. The normalized spacial score (nSPS) is 37.4. The van der Waals surface area contributed by atoms with E-state index in [-0.39, 0.29) is 34.1 Å². The highest BCUT2D eigenvalue weighted by atomic mass is 35.5. The Morgan fingerprint density at radius 1 is 1.35 bits per heavy atom. The topological polar surface area (TPSA) is 50.1 Å². The van der Waals surface area contributed by atoms with Gasteiger partial charge in [-0.25, -0.2) is 4.39 Å². The lowest BCUT2D eigenvalue weighted by Gasteiger charge is -2.63. The highest BCUT2D eigenvalue weighted by Gasteiger charge is 2.64. The number of nitrogens with zero attached hydrogens (tertiary/aromatic N) is 1. The van der Waals surface area contributed by atoms with Crippen molar-refractivity contribution in [2.24, 2.45) is 28.6 Å². The fraction of sp³-hybridized carbons (Fsp3) is 0.619. The zero-order valence-corrected chi connectivity index (χ0v) is 15.9. The van der Waals surface area contributed by atoms with Crippen LogP contribution in [0, 0.1) is 45.7 Å². The summed E-state index contributed by atoms with van der Waals surface area (Å²) in [7, 11) is 0. The van der Waals surface area contributed by atoms with Gasteiger partial charge in [-0.05, 0) is 68.3 Å². The Balaban J connectivity index is 1.62. The molecule has 1 aromatic rings. The predicted octanol–water partition coefficient (Wildman–Crippen LogP) is 5.42. The number of Topliss-reactive ketones (excluding diaryl/α,β-unsaturated/α-hetero) is 1. The highest BCUT2D eigenvalue weighted by Crippen LogP contribution is 2.68. The fourth-order valence-electron chi connectivity index (χ4n) is 6.17. The van der Waals surface area contributed by atoms with E-state index in [4.69, 9.17) is 16.3 Å². The van der Waals surface area contributed by atoms with E-state index in [0.717, 1.165) is 37.5 Å². The van der Waals surface area contributed by atoms with Gasteiger partial charge in [-0.3, -0.25) is 4.79 Å². The minimum atomic E-state index is -0.640. The van der Waals surface area contributed by atoms with E-state index >= 15 is 0 Å². The molecule has 4 aliphatic rings. The molecule has 0 radical (unpaired) electrons. The molecule has 4 aliphatic carbocycles. The number of benzene rings is 1. The Morgan fingerprint density at radius 3 is 2.54 bits per heavy atom. The molecule has 4 saturated carbocycles. The van der Waals surface area contributed by atoms with Crippen LogP contribution in [0.3, 0.4) is 0 Å². The van der Waals surface area contributed by atoms with E-state index < -0.39 is 11.2 Å². The molecule has 0 aliphatic heterocycles. The van der Waals surface area contributed by atoms with Gasteiger partial charge in [0.1, 0.15) is 18.2 Å². The van der Waals surface area contributed by atoms with Crippen molar-refractivity contribution < 1.29 is 13.9 Å². The second-order valence-electron chi connectivity index (χ2n) is 8.80. The molecule has 3 unspecified atom stereocenters. The molecule has 1 aromatic carbocycles. The Morgan fingerprint density at radius 2 is 2.00 bits per heavy atom. The number of carbonyl (C=O) groups excluding carboxylic acids is 1. The van der Waals surface area contributed by atoms with Crippen LogP contribution in [0.5, 0.6) is 5.75 Å². The van der Waals surface area contributed by atoms with Crippen LogP contribution in [0.4, 0.5) is 4.39 Å². The van der Waals surface area contributed by atoms with Gasteiger partial charge in [0.15, 0.2) is 5.78 Å². The molecule has 0 N–H and O–H groups in total. The number of hydrogen-bond donors (Lipinski definition) is 0. The maximum Gasteiger partial charge on any atom is 0.162 e. The monoisotopic (exact) mass is 375 g/mol. The van der Waals surface area contributed by atoms with Crippen LogP contribution in [-0.2, 0) is 0 Å². The summed E-state index contributed by atoms with van der Waals surface area (Å²) < 4.78 is 20.1. The average molecular weight is 376 g/mol. The summed E-state index contributed by atoms with van der Waals surface area (Å²) in [6, 6.07) is 5.10. The van der Waals surface area contributed by atoms with Crippen molar-refractivity contribution >= 4 is 17.4 Å². The summed E-state index contributed by atoms with van der Waals surface area (Å²) in [5.74, 6) is 0.993. The summed E-state index contributed by atoms with van der Waals surface area (Å²) in [6.07, 6.45) is 5.63. The molecular weight excluding hydrogens is 353 g/mol. The lowest BCUT2D eigenvalue weighted by atomic mass is 9.40. The summed E-state index contributed by atoms with van der Waals surface area (Å²) in [5, 5.41) is 10.4. The molecule has 3 atom stereocenters. The van der Waals surface area contributed by atoms with Gasteiger partial charge in [-0.1, -0.05) is 18.5 Å². The standard InChI is InChI=1S/C21H23ClFNO2/c1-12(25)16-6-17(22)19(7-18(16)23)26-11-21(10-24)15-4-13-3-14(5-15)9-20(21,2)8-13/h6-7,13-15H,3-5,8-9,11H2,1-2H3. The fourth-order valence-corrected chi connectivity index (χ4v) is 6.38. The molecule has 0 heterocycles. The Bertz CT molecular complexity index is 803. The van der Waals surface area contributed by atoms with Gasteiger partial charge in [0.25, 0.3) is 0 Å². The molecule has 3 nitrogen and oxygen atoms in total. The first-order valence-electron chi connectivity index (χ1n) is 9.32. The third kappa shape index (κ3) is 2.47. The minimum absolute atomic E-state index is 0.0427. The van der Waals surface area contributed by atoms with Crippen molar-refractivity contribution in [1.82, 2.24) is 0 Å². The molecular formula is C21H23ClFNO2. The van der Waals surface area contributed by atoms with Gasteiger partial charge in [0.2, 0.25) is 0 Å². The van der Waals surface area contributed by atoms with E-state index in [1.54, 1.807) is 0 Å². The Hall–Kier alpha value is -1.60. The molecule has 26 heavy (non-hydrogen) atoms. The first-order chi connectivity index (χ1) is 12.3. The Kier molecular flexibility index (Phi) is 4.08. The molecule has 0 spiro atoms. The summed E-state index contributed by atoms with van der Waals surface area (Å²) in [5.41, 5.74) is -0.653. The largest absolute Gasteiger partial charge is 0.490 e. The summed E-state index contributed by atoms with van der Waals surface area (Å²) in [6.45, 7) is 3.75. The van der Waals surface area contributed by atoms with E-state index in [1.807, 2.05) is 0 Å². The molecule has 138 valence electrons. The first kappa shape index (κ1) is 17.8. The third-order valence-electron chi connectivity index (χ3n) is 7.21. The lowest BCUT2D eigenvalue weighted by molar-refractivity contribution is -0.152. The molecule has 0 aromatic heterocycles. The van der Waals surface area contributed by atoms with Crippen LogP contribution < -0.4 is 4.74 Å². The van der Waals surface area contributed by atoms with Crippen molar-refractivity contribution in [2.45, 2.75) is 46.0 Å². The van der Waals surface area contributed by atoms with Crippen molar-refractivity contribution in [1.29, 1.82) is 5.26 Å². The number of rotatable bonds is 4. The van der Waals surface area contributed by atoms with Crippen molar-refractivity contribution in [3.63, 3.8) is 0 Å². The van der Waals surface area contributed by atoms with E-state index in [9.17, 15) is 14.4 Å². The van der Waals surface area contributed by atoms with Crippen molar-refractivity contribution in [3.05, 3.63) is 28.5 Å². The number of ketones is 1. The summed E-state index contributed by atoms with van der Waals surface area (Å²) >= 11 is 6.21. The smallest absolute Gasteiger partial charge is 0.162 e. The van der Waals surface area contributed by atoms with Crippen LogP contribution >= 0.6 is 11.6 Å². The maximum absolute atomic E-state index is 14.2. The SMILES string of the molecule is CC(=O)c1cc(Cl)c(OCC2(C#N)C3CC4CC(C3)CC2(C)C4)cc1F. The highest BCUT2D eigenvalue weighted by molar-refractivity contribution is 6.32. The molecule has 5 heteroatoms. The zero-order valence-electron chi connectivity index (χ0n) is 15.1.